The molecule has 1 atom stereocenters. The van der Waals surface area contributed by atoms with Crippen molar-refractivity contribution in [2.75, 3.05) is 42.4 Å². The number of anilines is 2. The molecule has 0 bridgehead atoms. The number of phenols is 1. The summed E-state index contributed by atoms with van der Waals surface area (Å²) in [6.07, 6.45) is 7.07. The number of ether oxygens (including phenoxy) is 1. The van der Waals surface area contributed by atoms with Crippen molar-refractivity contribution in [1.82, 2.24) is 10.6 Å². The Morgan fingerprint density at radius 3 is 2.25 bits per heavy atom. The number of aromatic hydroxyl groups is 1. The molecule has 0 unspecified atom stereocenters. The van der Waals surface area contributed by atoms with Gasteiger partial charge < -0.3 is 25.4 Å². The standard InChI is InChI=1S/C36H47N3O9S3/c1-4-6-17-36(18-7-5-2)24-39(27-11-9-8-10-12-27)29-21-31(49-3)30(22-32(29)50(43,44)25-36)48-23-33(41)38-34(26-13-15-28(40)16-14-26)35(42)37-19-20-51(45,46)47/h8-16,21-22,34,40H,4-7,17-20,23-25H2,1-3H3,(H,37,42)(H,38,41)(H,45,46,47)/t34-/m1/s1. The number of fused-ring (bicyclic) bond motifs is 1. The Bertz CT molecular complexity index is 1860. The van der Waals surface area contributed by atoms with Crippen LogP contribution < -0.4 is 20.3 Å². The zero-order valence-electron chi connectivity index (χ0n) is 29.1. The average Bonchev–Trinajstić information content (AvgIpc) is 3.19. The SMILES string of the molecule is CCCCC1(CCCC)CN(c2ccccc2)c2cc(SC)c(OCC(=O)N[C@@H](C(=O)NCCS(=O)(=O)O)c3ccc(O)cc3)cc2S(=O)(=O)C1. The summed E-state index contributed by atoms with van der Waals surface area (Å²) < 4.78 is 66.0. The smallest absolute Gasteiger partial charge is 0.266 e. The second kappa shape index (κ2) is 17.6. The Hall–Kier alpha value is -3.79. The summed E-state index contributed by atoms with van der Waals surface area (Å²) in [6, 6.07) is 17.2. The van der Waals surface area contributed by atoms with Gasteiger partial charge in [0.05, 0.1) is 27.0 Å². The van der Waals surface area contributed by atoms with Crippen LogP contribution >= 0.6 is 11.8 Å². The number of phenolic OH excluding ortho intramolecular Hbond substituents is 1. The molecule has 51 heavy (non-hydrogen) atoms. The summed E-state index contributed by atoms with van der Waals surface area (Å²) >= 11 is 1.34. The Balaban J connectivity index is 1.66. The van der Waals surface area contributed by atoms with Gasteiger partial charge in [-0.15, -0.1) is 11.8 Å². The number of thioether (sulfide) groups is 1. The largest absolute Gasteiger partial charge is 0.508 e. The molecule has 4 rings (SSSR count). The van der Waals surface area contributed by atoms with Gasteiger partial charge in [0, 0.05) is 30.3 Å². The third-order valence-electron chi connectivity index (χ3n) is 8.86. The molecule has 3 aromatic rings. The van der Waals surface area contributed by atoms with Crippen molar-refractivity contribution in [2.24, 2.45) is 5.41 Å². The second-order valence-electron chi connectivity index (χ2n) is 12.8. The molecule has 0 spiro atoms. The molecule has 1 aliphatic rings. The Morgan fingerprint density at radius 2 is 1.67 bits per heavy atom. The number of hydrogen-bond acceptors (Lipinski definition) is 10. The van der Waals surface area contributed by atoms with E-state index in [1.807, 2.05) is 36.6 Å². The van der Waals surface area contributed by atoms with E-state index < -0.39 is 62.1 Å². The fourth-order valence-corrected chi connectivity index (χ4v) is 9.32. The number of unbranched alkanes of at least 4 members (excludes halogenated alkanes) is 2. The lowest BCUT2D eigenvalue weighted by molar-refractivity contribution is -0.130. The molecule has 15 heteroatoms. The number of benzene rings is 3. The summed E-state index contributed by atoms with van der Waals surface area (Å²) in [5.41, 5.74) is 1.24. The maximum Gasteiger partial charge on any atom is 0.266 e. The lowest BCUT2D eigenvalue weighted by Crippen LogP contribution is -2.43. The number of carbonyl (C=O) groups excluding carboxylic acids is 2. The molecule has 0 aliphatic carbocycles. The van der Waals surface area contributed by atoms with Gasteiger partial charge in [0.1, 0.15) is 17.5 Å². The first-order valence-corrected chi connectivity index (χ1v) is 21.4. The van der Waals surface area contributed by atoms with Gasteiger partial charge >= 0.3 is 0 Å². The average molecular weight is 762 g/mol. The van der Waals surface area contributed by atoms with Crippen LogP contribution in [0.2, 0.25) is 0 Å². The molecule has 1 aliphatic heterocycles. The molecule has 0 saturated carbocycles. The van der Waals surface area contributed by atoms with Crippen molar-refractivity contribution in [1.29, 1.82) is 0 Å². The number of hydrogen-bond donors (Lipinski definition) is 4. The minimum Gasteiger partial charge on any atom is -0.508 e. The number of nitrogens with zero attached hydrogens (tertiary/aromatic N) is 1. The van der Waals surface area contributed by atoms with Gasteiger partial charge in [-0.1, -0.05) is 69.9 Å². The van der Waals surface area contributed by atoms with Crippen LogP contribution in [0.5, 0.6) is 11.5 Å². The third kappa shape index (κ3) is 10.9. The third-order valence-corrected chi connectivity index (χ3v) is 12.3. The molecule has 12 nitrogen and oxygen atoms in total. The molecule has 278 valence electrons. The van der Waals surface area contributed by atoms with Crippen LogP contribution in [0.15, 0.2) is 76.5 Å². The number of carbonyl (C=O) groups is 2. The van der Waals surface area contributed by atoms with Gasteiger partial charge in [0.25, 0.3) is 16.0 Å². The topological polar surface area (TPSA) is 179 Å². The van der Waals surface area contributed by atoms with E-state index in [1.54, 1.807) is 6.07 Å². The molecule has 1 heterocycles. The second-order valence-corrected chi connectivity index (χ2v) is 17.2. The van der Waals surface area contributed by atoms with E-state index in [4.69, 9.17) is 9.29 Å². The maximum absolute atomic E-state index is 14.4. The van der Waals surface area contributed by atoms with Crippen molar-refractivity contribution in [3.63, 3.8) is 0 Å². The van der Waals surface area contributed by atoms with Crippen LogP contribution in [0.4, 0.5) is 11.4 Å². The van der Waals surface area contributed by atoms with Gasteiger partial charge in [0.15, 0.2) is 16.4 Å². The molecule has 0 aromatic heterocycles. The van der Waals surface area contributed by atoms with E-state index in [2.05, 4.69) is 29.4 Å². The zero-order chi connectivity index (χ0) is 37.2. The minimum atomic E-state index is -4.34. The van der Waals surface area contributed by atoms with Gasteiger partial charge in [-0.2, -0.15) is 8.42 Å². The van der Waals surface area contributed by atoms with E-state index in [1.165, 1.54) is 42.1 Å². The molecule has 2 amide bonds. The van der Waals surface area contributed by atoms with Gasteiger partial charge in [-0.25, -0.2) is 8.42 Å². The quantitative estimate of drug-likeness (QED) is 0.0987. The summed E-state index contributed by atoms with van der Waals surface area (Å²) in [5, 5.41) is 14.7. The van der Waals surface area contributed by atoms with Gasteiger partial charge in [-0.05, 0) is 55.0 Å². The lowest BCUT2D eigenvalue weighted by atomic mass is 9.79. The Labute approximate surface area is 305 Å². The summed E-state index contributed by atoms with van der Waals surface area (Å²) in [6.45, 7) is 3.77. The fourth-order valence-electron chi connectivity index (χ4n) is 6.30. The monoisotopic (exact) mass is 761 g/mol. The lowest BCUT2D eigenvalue weighted by Gasteiger charge is -2.37. The Kier molecular flexibility index (Phi) is 13.8. The maximum atomic E-state index is 14.4. The molecule has 0 saturated heterocycles. The van der Waals surface area contributed by atoms with E-state index >= 15 is 0 Å². The molecule has 4 N–H and O–H groups in total. The highest BCUT2D eigenvalue weighted by Crippen LogP contribution is 2.47. The van der Waals surface area contributed by atoms with Gasteiger partial charge in [0.2, 0.25) is 5.91 Å². The number of amides is 2. The predicted molar refractivity (Wildman–Crippen MR) is 199 cm³/mol. The van der Waals surface area contributed by atoms with Crippen molar-refractivity contribution < 1.29 is 40.8 Å². The van der Waals surface area contributed by atoms with Crippen molar-refractivity contribution in [3.8, 4) is 11.5 Å². The van der Waals surface area contributed by atoms with E-state index in [0.29, 0.717) is 22.7 Å². The minimum absolute atomic E-state index is 0.0180. The van der Waals surface area contributed by atoms with Crippen LogP contribution in [0.1, 0.15) is 64.0 Å². The van der Waals surface area contributed by atoms with Crippen LogP contribution in [0.25, 0.3) is 0 Å². The van der Waals surface area contributed by atoms with E-state index in [0.717, 1.165) is 44.2 Å². The first kappa shape index (κ1) is 40.0. The molecular formula is C36H47N3O9S3. The zero-order valence-corrected chi connectivity index (χ0v) is 31.6. The number of para-hydroxylation sites is 1. The highest BCUT2D eigenvalue weighted by Gasteiger charge is 2.42. The molecule has 0 radical (unpaired) electrons. The summed E-state index contributed by atoms with van der Waals surface area (Å²) in [7, 11) is -8.17. The molecular weight excluding hydrogens is 715 g/mol. The van der Waals surface area contributed by atoms with Gasteiger partial charge in [-0.3, -0.25) is 14.1 Å². The number of sulfone groups is 1. The van der Waals surface area contributed by atoms with Crippen LogP contribution in [0, 0.1) is 5.41 Å². The number of rotatable bonds is 17. The van der Waals surface area contributed by atoms with E-state index in [9.17, 15) is 31.5 Å². The van der Waals surface area contributed by atoms with E-state index in [-0.39, 0.29) is 22.1 Å². The summed E-state index contributed by atoms with van der Waals surface area (Å²) in [5.74, 6) is -2.09. The summed E-state index contributed by atoms with van der Waals surface area (Å²) in [4.78, 5) is 29.1. The van der Waals surface area contributed by atoms with Crippen LogP contribution in [0.3, 0.4) is 0 Å². The number of nitrogens with one attached hydrogen (secondary N) is 2. The van der Waals surface area contributed by atoms with Crippen molar-refractivity contribution >= 4 is 54.9 Å². The first-order chi connectivity index (χ1) is 24.2. The van der Waals surface area contributed by atoms with Crippen molar-refractivity contribution in [3.05, 3.63) is 72.3 Å². The fraction of sp³-hybridized carbons (Fsp3) is 0.444. The van der Waals surface area contributed by atoms with Crippen molar-refractivity contribution in [2.45, 2.75) is 68.2 Å². The predicted octanol–water partition coefficient (Wildman–Crippen LogP) is 5.65. The molecule has 3 aromatic carbocycles. The van der Waals surface area contributed by atoms with Crippen LogP contribution in [-0.4, -0.2) is 75.8 Å². The molecule has 0 fully saturated rings. The highest BCUT2D eigenvalue weighted by molar-refractivity contribution is 7.98. The normalized spacial score (nSPS) is 15.6. The Morgan fingerprint density at radius 1 is 1.02 bits per heavy atom. The first-order valence-electron chi connectivity index (χ1n) is 16.9. The highest BCUT2D eigenvalue weighted by atomic mass is 32.2. The van der Waals surface area contributed by atoms with Crippen LogP contribution in [-0.2, 0) is 29.5 Å².